The quantitative estimate of drug-likeness (QED) is 0.629. The van der Waals surface area contributed by atoms with E-state index in [4.69, 9.17) is 0 Å². The molecule has 1 amide bonds. The fourth-order valence-electron chi connectivity index (χ4n) is 2.18. The molecule has 0 spiro atoms. The molecule has 0 aromatic rings. The number of nitrogens with one attached hydrogen (secondary N) is 1. The van der Waals surface area contributed by atoms with E-state index in [-0.39, 0.29) is 18.0 Å². The maximum atomic E-state index is 12.1. The lowest BCUT2D eigenvalue weighted by atomic mass is 9.76. The first-order chi connectivity index (χ1) is 8.02. The molecule has 0 radical (unpaired) electrons. The van der Waals surface area contributed by atoms with Gasteiger partial charge in [0.1, 0.15) is 0 Å². The molecule has 0 aliphatic carbocycles. The summed E-state index contributed by atoms with van der Waals surface area (Å²) in [6.07, 6.45) is 4.71. The molecule has 0 aromatic carbocycles. The van der Waals surface area contributed by atoms with E-state index in [2.05, 4.69) is 24.3 Å². The van der Waals surface area contributed by atoms with Crippen LogP contribution < -0.4 is 5.32 Å². The third-order valence-corrected chi connectivity index (χ3v) is 3.58. The first kappa shape index (κ1) is 16.1. The molecule has 0 aliphatic rings. The van der Waals surface area contributed by atoms with Gasteiger partial charge in [-0.1, -0.05) is 40.5 Å². The standard InChI is InChI=1S/C13H26N2O2/c1-5-13(6-2,9-7-8-11(3)4)12(16)14-10-15-17/h11H,5-10H2,1-4H3,(H,14,16). The molecule has 0 aliphatic heterocycles. The Labute approximate surface area is 105 Å². The SMILES string of the molecule is CCC(CC)(CCCC(C)C)C(=O)NCN=O. The molecule has 100 valence electrons. The van der Waals surface area contributed by atoms with Crippen LogP contribution in [0.4, 0.5) is 0 Å². The molecule has 4 heteroatoms. The molecule has 0 atom stereocenters. The lowest BCUT2D eigenvalue weighted by Crippen LogP contribution is -2.40. The number of carbonyl (C=O) groups is 1. The summed E-state index contributed by atoms with van der Waals surface area (Å²) >= 11 is 0. The summed E-state index contributed by atoms with van der Waals surface area (Å²) in [5.74, 6) is 0.645. The van der Waals surface area contributed by atoms with E-state index in [9.17, 15) is 9.70 Å². The number of nitrogens with zero attached hydrogens (tertiary/aromatic N) is 1. The Balaban J connectivity index is 4.42. The fourth-order valence-corrected chi connectivity index (χ4v) is 2.18. The summed E-state index contributed by atoms with van der Waals surface area (Å²) in [6, 6.07) is 0. The van der Waals surface area contributed by atoms with E-state index in [1.54, 1.807) is 0 Å². The zero-order chi connectivity index (χ0) is 13.3. The van der Waals surface area contributed by atoms with Gasteiger partial charge in [0.15, 0.2) is 6.67 Å². The highest BCUT2D eigenvalue weighted by Gasteiger charge is 2.33. The largest absolute Gasteiger partial charge is 0.333 e. The molecule has 0 bridgehead atoms. The van der Waals surface area contributed by atoms with E-state index in [1.165, 1.54) is 0 Å². The van der Waals surface area contributed by atoms with Crippen molar-refractivity contribution in [3.63, 3.8) is 0 Å². The van der Waals surface area contributed by atoms with Crippen molar-refractivity contribution in [3.05, 3.63) is 4.91 Å². The van der Waals surface area contributed by atoms with Gasteiger partial charge in [-0.2, -0.15) is 0 Å². The molecule has 0 saturated carbocycles. The average Bonchev–Trinajstić information content (AvgIpc) is 2.31. The van der Waals surface area contributed by atoms with Gasteiger partial charge in [0.05, 0.1) is 0 Å². The van der Waals surface area contributed by atoms with Crippen LogP contribution in [0.25, 0.3) is 0 Å². The molecule has 0 unspecified atom stereocenters. The first-order valence-electron chi connectivity index (χ1n) is 6.59. The molecule has 17 heavy (non-hydrogen) atoms. The molecule has 0 fully saturated rings. The lowest BCUT2D eigenvalue weighted by molar-refractivity contribution is -0.132. The van der Waals surface area contributed by atoms with Crippen molar-refractivity contribution < 1.29 is 4.79 Å². The van der Waals surface area contributed by atoms with E-state index >= 15 is 0 Å². The first-order valence-corrected chi connectivity index (χ1v) is 6.59. The van der Waals surface area contributed by atoms with Crippen molar-refractivity contribution in [2.75, 3.05) is 6.67 Å². The van der Waals surface area contributed by atoms with Gasteiger partial charge in [-0.05, 0) is 30.4 Å². The number of rotatable bonds is 9. The van der Waals surface area contributed by atoms with Crippen LogP contribution >= 0.6 is 0 Å². The number of carbonyl (C=O) groups excluding carboxylic acids is 1. The van der Waals surface area contributed by atoms with Crippen LogP contribution in [0, 0.1) is 16.2 Å². The van der Waals surface area contributed by atoms with Gasteiger partial charge in [-0.3, -0.25) is 4.79 Å². The maximum absolute atomic E-state index is 12.1. The molecule has 1 N–H and O–H groups in total. The second-order valence-electron chi connectivity index (χ2n) is 5.07. The Morgan fingerprint density at radius 3 is 2.29 bits per heavy atom. The Morgan fingerprint density at radius 1 is 1.29 bits per heavy atom. The number of hydrogen-bond donors (Lipinski definition) is 1. The Morgan fingerprint density at radius 2 is 1.88 bits per heavy atom. The van der Waals surface area contributed by atoms with E-state index in [1.807, 2.05) is 13.8 Å². The summed E-state index contributed by atoms with van der Waals surface area (Å²) in [5.41, 5.74) is -0.320. The van der Waals surface area contributed by atoms with Gasteiger partial charge in [0.25, 0.3) is 0 Å². The lowest BCUT2D eigenvalue weighted by Gasteiger charge is -2.30. The van der Waals surface area contributed by atoms with Gasteiger partial charge in [0, 0.05) is 5.41 Å². The predicted octanol–water partition coefficient (Wildman–Crippen LogP) is 3.46. The maximum Gasteiger partial charge on any atom is 0.227 e. The molecule has 0 heterocycles. The predicted molar refractivity (Wildman–Crippen MR) is 70.5 cm³/mol. The summed E-state index contributed by atoms with van der Waals surface area (Å²) < 4.78 is 0. The normalized spacial score (nSPS) is 11.6. The van der Waals surface area contributed by atoms with Crippen LogP contribution in [0.15, 0.2) is 5.18 Å². The summed E-state index contributed by atoms with van der Waals surface area (Å²) in [7, 11) is 0. The van der Waals surface area contributed by atoms with Crippen molar-refractivity contribution in [1.82, 2.24) is 5.32 Å². The Hall–Kier alpha value is -0.930. The van der Waals surface area contributed by atoms with Crippen LogP contribution in [-0.2, 0) is 4.79 Å². The second-order valence-corrected chi connectivity index (χ2v) is 5.07. The molecule has 4 nitrogen and oxygen atoms in total. The van der Waals surface area contributed by atoms with Crippen molar-refractivity contribution in [2.24, 2.45) is 16.5 Å². The van der Waals surface area contributed by atoms with Gasteiger partial charge in [-0.25, -0.2) is 0 Å². The van der Waals surface area contributed by atoms with Crippen LogP contribution in [0.2, 0.25) is 0 Å². The number of hydrogen-bond acceptors (Lipinski definition) is 3. The van der Waals surface area contributed by atoms with Crippen LogP contribution in [0.5, 0.6) is 0 Å². The minimum absolute atomic E-state index is 0.0224. The molecule has 0 rings (SSSR count). The van der Waals surface area contributed by atoms with E-state index in [0.29, 0.717) is 5.92 Å². The molecular weight excluding hydrogens is 216 g/mol. The summed E-state index contributed by atoms with van der Waals surface area (Å²) in [6.45, 7) is 8.33. The molecule has 0 aromatic heterocycles. The van der Waals surface area contributed by atoms with Crippen LogP contribution in [0.3, 0.4) is 0 Å². The van der Waals surface area contributed by atoms with Crippen molar-refractivity contribution in [1.29, 1.82) is 0 Å². The van der Waals surface area contributed by atoms with Crippen molar-refractivity contribution in [2.45, 2.75) is 59.8 Å². The highest BCUT2D eigenvalue weighted by atomic mass is 16.3. The third-order valence-electron chi connectivity index (χ3n) is 3.58. The minimum atomic E-state index is -0.320. The Kier molecular flexibility index (Phi) is 7.75. The highest BCUT2D eigenvalue weighted by molar-refractivity contribution is 5.82. The monoisotopic (exact) mass is 242 g/mol. The van der Waals surface area contributed by atoms with Crippen LogP contribution in [-0.4, -0.2) is 12.6 Å². The van der Waals surface area contributed by atoms with E-state index < -0.39 is 0 Å². The molecular formula is C13H26N2O2. The van der Waals surface area contributed by atoms with Gasteiger partial charge in [0.2, 0.25) is 5.91 Å². The third kappa shape index (κ3) is 5.29. The van der Waals surface area contributed by atoms with Crippen molar-refractivity contribution >= 4 is 5.91 Å². The van der Waals surface area contributed by atoms with Gasteiger partial charge in [-0.15, -0.1) is 4.91 Å². The highest BCUT2D eigenvalue weighted by Crippen LogP contribution is 2.33. The topological polar surface area (TPSA) is 58.5 Å². The van der Waals surface area contributed by atoms with Crippen LogP contribution in [0.1, 0.15) is 59.8 Å². The number of amides is 1. The zero-order valence-electron chi connectivity index (χ0n) is 11.6. The second kappa shape index (κ2) is 8.20. The number of nitroso groups, excluding NO2 is 1. The minimum Gasteiger partial charge on any atom is -0.333 e. The molecule has 0 saturated heterocycles. The Bertz CT molecular complexity index is 236. The summed E-state index contributed by atoms with van der Waals surface area (Å²) in [5, 5.41) is 5.28. The smallest absolute Gasteiger partial charge is 0.227 e. The van der Waals surface area contributed by atoms with Gasteiger partial charge < -0.3 is 5.32 Å². The fraction of sp³-hybridized carbons (Fsp3) is 0.923. The van der Waals surface area contributed by atoms with Crippen molar-refractivity contribution in [3.8, 4) is 0 Å². The zero-order valence-corrected chi connectivity index (χ0v) is 11.6. The van der Waals surface area contributed by atoms with E-state index in [0.717, 1.165) is 32.1 Å². The summed E-state index contributed by atoms with van der Waals surface area (Å²) in [4.78, 5) is 22.1. The van der Waals surface area contributed by atoms with Gasteiger partial charge >= 0.3 is 0 Å². The average molecular weight is 242 g/mol.